The van der Waals surface area contributed by atoms with Gasteiger partial charge in [0.25, 0.3) is 5.91 Å². The summed E-state index contributed by atoms with van der Waals surface area (Å²) in [5.41, 5.74) is 8.98. The second-order valence-corrected chi connectivity index (χ2v) is 7.35. The van der Waals surface area contributed by atoms with Crippen molar-refractivity contribution in [2.24, 2.45) is 11.8 Å². The van der Waals surface area contributed by atoms with Crippen molar-refractivity contribution in [1.29, 1.82) is 0 Å². The molecule has 2 N–H and O–H groups in total. The fourth-order valence-electron chi connectivity index (χ4n) is 4.30. The number of pyridine rings is 1. The SMILES string of the molecule is O=C(NNC1=C2CC3CC1CC(Cl)(C2)C3)c1ccccn1. The number of hydrogen-bond acceptors (Lipinski definition) is 3. The van der Waals surface area contributed by atoms with Gasteiger partial charge in [0.15, 0.2) is 0 Å². The van der Waals surface area contributed by atoms with Crippen LogP contribution in [0.25, 0.3) is 0 Å². The summed E-state index contributed by atoms with van der Waals surface area (Å²) in [7, 11) is 0. The summed E-state index contributed by atoms with van der Waals surface area (Å²) in [5, 5.41) is 0. The molecule has 5 rings (SSSR count). The molecule has 0 radical (unpaired) electrons. The number of carbonyl (C=O) groups is 1. The van der Waals surface area contributed by atoms with Gasteiger partial charge >= 0.3 is 0 Å². The Morgan fingerprint density at radius 2 is 2.29 bits per heavy atom. The van der Waals surface area contributed by atoms with E-state index in [1.807, 2.05) is 6.07 Å². The van der Waals surface area contributed by atoms with E-state index in [1.54, 1.807) is 18.3 Å². The van der Waals surface area contributed by atoms with Crippen LogP contribution in [0.15, 0.2) is 35.7 Å². The largest absolute Gasteiger partial charge is 0.302 e. The van der Waals surface area contributed by atoms with Gasteiger partial charge < -0.3 is 5.43 Å². The zero-order valence-electron chi connectivity index (χ0n) is 11.7. The molecule has 1 heterocycles. The van der Waals surface area contributed by atoms with Crippen LogP contribution in [0.4, 0.5) is 0 Å². The summed E-state index contributed by atoms with van der Waals surface area (Å²) in [6.45, 7) is 0. The minimum absolute atomic E-state index is 0.0165. The topological polar surface area (TPSA) is 54.0 Å². The number of nitrogens with zero attached hydrogens (tertiary/aromatic N) is 1. The Labute approximate surface area is 128 Å². The van der Waals surface area contributed by atoms with Gasteiger partial charge in [0.2, 0.25) is 0 Å². The molecule has 2 saturated carbocycles. The number of aromatic nitrogens is 1. The van der Waals surface area contributed by atoms with Crippen LogP contribution in [-0.4, -0.2) is 15.8 Å². The van der Waals surface area contributed by atoms with Crippen LogP contribution in [0.2, 0.25) is 0 Å². The standard InChI is InChI=1S/C16H18ClN3O/c17-16-7-10-5-11(8-16)14(12(6-10)9-16)19-20-15(21)13-3-1-2-4-18-13/h1-4,10-11,19H,5-9H2,(H,20,21). The molecule has 1 aromatic rings. The van der Waals surface area contributed by atoms with Crippen LogP contribution in [0.1, 0.15) is 42.6 Å². The van der Waals surface area contributed by atoms with Crippen molar-refractivity contribution in [1.82, 2.24) is 15.8 Å². The first kappa shape index (κ1) is 13.1. The molecule has 110 valence electrons. The van der Waals surface area contributed by atoms with Gasteiger partial charge in [-0.25, -0.2) is 0 Å². The summed E-state index contributed by atoms with van der Waals surface area (Å²) in [5.74, 6) is 1.02. The van der Waals surface area contributed by atoms with Crippen molar-refractivity contribution in [3.8, 4) is 0 Å². The molecule has 4 bridgehead atoms. The summed E-state index contributed by atoms with van der Waals surface area (Å²) < 4.78 is 0. The van der Waals surface area contributed by atoms with Gasteiger partial charge in [-0.3, -0.25) is 15.2 Å². The lowest BCUT2D eigenvalue weighted by molar-refractivity contribution is 0.0923. The van der Waals surface area contributed by atoms with E-state index in [1.165, 1.54) is 17.7 Å². The second-order valence-electron chi connectivity index (χ2n) is 6.55. The Bertz CT molecular complexity index is 615. The van der Waals surface area contributed by atoms with E-state index in [2.05, 4.69) is 15.8 Å². The molecule has 2 fully saturated rings. The van der Waals surface area contributed by atoms with E-state index >= 15 is 0 Å². The summed E-state index contributed by atoms with van der Waals surface area (Å²) in [6.07, 6.45) is 7.09. The zero-order chi connectivity index (χ0) is 14.4. The molecule has 21 heavy (non-hydrogen) atoms. The molecule has 5 heteroatoms. The first-order valence-electron chi connectivity index (χ1n) is 7.51. The molecule has 1 aromatic heterocycles. The average molecular weight is 304 g/mol. The fourth-order valence-corrected chi connectivity index (χ4v) is 4.87. The monoisotopic (exact) mass is 303 g/mol. The van der Waals surface area contributed by atoms with Gasteiger partial charge in [0.05, 0.1) is 0 Å². The first-order chi connectivity index (χ1) is 10.1. The van der Waals surface area contributed by atoms with E-state index in [-0.39, 0.29) is 10.8 Å². The molecular formula is C16H18ClN3O. The lowest BCUT2D eigenvalue weighted by atomic mass is 9.59. The van der Waals surface area contributed by atoms with E-state index in [4.69, 9.17) is 11.6 Å². The third-order valence-electron chi connectivity index (χ3n) is 4.95. The number of rotatable bonds is 3. The summed E-state index contributed by atoms with van der Waals surface area (Å²) in [4.78, 5) is 16.1. The zero-order valence-corrected chi connectivity index (χ0v) is 12.5. The van der Waals surface area contributed by atoms with Crippen LogP contribution in [0.3, 0.4) is 0 Å². The van der Waals surface area contributed by atoms with Crippen molar-refractivity contribution in [3.63, 3.8) is 0 Å². The van der Waals surface area contributed by atoms with Crippen LogP contribution >= 0.6 is 11.6 Å². The minimum atomic E-state index is -0.196. The lowest BCUT2D eigenvalue weighted by Crippen LogP contribution is -2.50. The van der Waals surface area contributed by atoms with Crippen LogP contribution in [0.5, 0.6) is 0 Å². The normalized spacial score (nSPS) is 33.2. The molecule has 0 saturated heterocycles. The smallest absolute Gasteiger partial charge is 0.288 e. The van der Waals surface area contributed by atoms with Gasteiger partial charge in [-0.1, -0.05) is 6.07 Å². The lowest BCUT2D eigenvalue weighted by Gasteiger charge is -2.51. The molecular weight excluding hydrogens is 286 g/mol. The van der Waals surface area contributed by atoms with Gasteiger partial charge in [0, 0.05) is 22.7 Å². The molecule has 0 spiro atoms. The number of amides is 1. The Kier molecular flexibility index (Phi) is 2.96. The van der Waals surface area contributed by atoms with E-state index in [0.717, 1.165) is 31.6 Å². The van der Waals surface area contributed by atoms with Gasteiger partial charge in [-0.05, 0) is 55.7 Å². The Morgan fingerprint density at radius 1 is 1.38 bits per heavy atom. The highest BCUT2D eigenvalue weighted by Crippen LogP contribution is 2.57. The number of alkyl halides is 1. The highest BCUT2D eigenvalue weighted by Gasteiger charge is 2.49. The third kappa shape index (κ3) is 2.31. The quantitative estimate of drug-likeness (QED) is 0.667. The third-order valence-corrected chi connectivity index (χ3v) is 5.39. The molecule has 4 aliphatic carbocycles. The number of carbonyl (C=O) groups excluding carboxylic acids is 1. The number of hydrogen-bond donors (Lipinski definition) is 2. The fraction of sp³-hybridized carbons (Fsp3) is 0.500. The molecule has 4 nitrogen and oxygen atoms in total. The summed E-state index contributed by atoms with van der Waals surface area (Å²) in [6, 6.07) is 5.32. The van der Waals surface area contributed by atoms with E-state index in [9.17, 15) is 4.79 Å². The molecule has 4 aliphatic rings. The van der Waals surface area contributed by atoms with Crippen molar-refractivity contribution in [2.75, 3.05) is 0 Å². The highest BCUT2D eigenvalue weighted by molar-refractivity contribution is 6.24. The second kappa shape index (κ2) is 4.73. The van der Waals surface area contributed by atoms with E-state index in [0.29, 0.717) is 11.6 Å². The Hall–Kier alpha value is -1.55. The highest BCUT2D eigenvalue weighted by atomic mass is 35.5. The van der Waals surface area contributed by atoms with Gasteiger partial charge in [-0.15, -0.1) is 11.6 Å². The van der Waals surface area contributed by atoms with Crippen LogP contribution in [0, 0.1) is 11.8 Å². The maximum Gasteiger partial charge on any atom is 0.288 e. The van der Waals surface area contributed by atoms with Crippen molar-refractivity contribution < 1.29 is 4.79 Å². The Morgan fingerprint density at radius 3 is 3.00 bits per heavy atom. The van der Waals surface area contributed by atoms with Crippen LogP contribution < -0.4 is 10.9 Å². The van der Waals surface area contributed by atoms with E-state index < -0.39 is 0 Å². The van der Waals surface area contributed by atoms with Crippen LogP contribution in [-0.2, 0) is 0 Å². The predicted molar refractivity (Wildman–Crippen MR) is 80.5 cm³/mol. The van der Waals surface area contributed by atoms with Crippen molar-refractivity contribution in [2.45, 2.75) is 37.0 Å². The minimum Gasteiger partial charge on any atom is -0.302 e. The molecule has 3 unspecified atom stereocenters. The molecule has 0 aliphatic heterocycles. The predicted octanol–water partition coefficient (Wildman–Crippen LogP) is 2.77. The van der Waals surface area contributed by atoms with Crippen molar-refractivity contribution in [3.05, 3.63) is 41.4 Å². The first-order valence-corrected chi connectivity index (χ1v) is 7.89. The maximum atomic E-state index is 12.1. The number of allylic oxidation sites excluding steroid dienone is 2. The Balaban J connectivity index is 1.49. The molecule has 3 atom stereocenters. The maximum absolute atomic E-state index is 12.1. The van der Waals surface area contributed by atoms with Crippen molar-refractivity contribution >= 4 is 17.5 Å². The summed E-state index contributed by atoms with van der Waals surface area (Å²) >= 11 is 6.70. The van der Waals surface area contributed by atoms with Gasteiger partial charge in [0.1, 0.15) is 5.69 Å². The number of halogens is 1. The molecule has 0 aromatic carbocycles. The average Bonchev–Trinajstić information content (AvgIpc) is 2.45. The number of hydrazine groups is 1. The van der Waals surface area contributed by atoms with Gasteiger partial charge in [-0.2, -0.15) is 0 Å². The number of nitrogens with one attached hydrogen (secondary N) is 2. The molecule has 1 amide bonds.